The van der Waals surface area contributed by atoms with Crippen LogP contribution in [0.15, 0.2) is 18.2 Å². The van der Waals surface area contributed by atoms with Crippen molar-refractivity contribution in [3.05, 3.63) is 28.8 Å². The number of carbonyl (C=O) groups is 1. The standard InChI is InChI=1S/C11H8ClNO2/c12-9-3-7(1-2-10(9)15)11(6-13)4-8(14)5-11/h1-3,15H,4-5H2. The van der Waals surface area contributed by atoms with Crippen molar-refractivity contribution >= 4 is 17.4 Å². The van der Waals surface area contributed by atoms with Crippen LogP contribution >= 0.6 is 11.6 Å². The van der Waals surface area contributed by atoms with Gasteiger partial charge < -0.3 is 5.11 Å². The summed E-state index contributed by atoms with van der Waals surface area (Å²) in [6.45, 7) is 0. The number of aromatic hydroxyl groups is 1. The molecule has 0 bridgehead atoms. The topological polar surface area (TPSA) is 61.1 Å². The molecule has 1 saturated carbocycles. The fraction of sp³-hybridized carbons (Fsp3) is 0.273. The zero-order chi connectivity index (χ0) is 11.1. The molecule has 1 N–H and O–H groups in total. The van der Waals surface area contributed by atoms with Crippen LogP contribution in [0.1, 0.15) is 18.4 Å². The number of ketones is 1. The molecule has 1 aromatic rings. The Balaban J connectivity index is 2.42. The largest absolute Gasteiger partial charge is 0.506 e. The first-order valence-electron chi connectivity index (χ1n) is 4.49. The highest BCUT2D eigenvalue weighted by Gasteiger charge is 2.45. The number of carbonyl (C=O) groups excluding carboxylic acids is 1. The van der Waals surface area contributed by atoms with Crippen molar-refractivity contribution in [2.45, 2.75) is 18.3 Å². The quantitative estimate of drug-likeness (QED) is 0.791. The van der Waals surface area contributed by atoms with Crippen molar-refractivity contribution in [1.82, 2.24) is 0 Å². The summed E-state index contributed by atoms with van der Waals surface area (Å²) in [7, 11) is 0. The van der Waals surface area contributed by atoms with Gasteiger partial charge in [0.2, 0.25) is 0 Å². The van der Waals surface area contributed by atoms with E-state index < -0.39 is 5.41 Å². The van der Waals surface area contributed by atoms with Gasteiger partial charge in [0.1, 0.15) is 11.5 Å². The average molecular weight is 222 g/mol. The van der Waals surface area contributed by atoms with E-state index in [0.717, 1.165) is 0 Å². The minimum atomic E-state index is -0.728. The Bertz CT molecular complexity index is 468. The molecule has 0 saturated heterocycles. The number of nitrogens with zero attached hydrogens (tertiary/aromatic N) is 1. The zero-order valence-corrected chi connectivity index (χ0v) is 8.58. The molecule has 15 heavy (non-hydrogen) atoms. The molecule has 3 nitrogen and oxygen atoms in total. The van der Waals surface area contributed by atoms with Gasteiger partial charge in [0.15, 0.2) is 0 Å². The fourth-order valence-corrected chi connectivity index (χ4v) is 1.95. The van der Waals surface area contributed by atoms with Gasteiger partial charge in [-0.2, -0.15) is 5.26 Å². The van der Waals surface area contributed by atoms with Crippen molar-refractivity contribution < 1.29 is 9.90 Å². The van der Waals surface area contributed by atoms with Gasteiger partial charge in [-0.05, 0) is 17.7 Å². The molecule has 1 aliphatic rings. The highest BCUT2D eigenvalue weighted by molar-refractivity contribution is 6.32. The van der Waals surface area contributed by atoms with Crippen molar-refractivity contribution in [2.24, 2.45) is 0 Å². The Kier molecular flexibility index (Phi) is 2.17. The van der Waals surface area contributed by atoms with Crippen molar-refractivity contribution in [1.29, 1.82) is 5.26 Å². The number of halogens is 1. The molecule has 1 fully saturated rings. The van der Waals surface area contributed by atoms with E-state index in [4.69, 9.17) is 16.9 Å². The zero-order valence-electron chi connectivity index (χ0n) is 7.83. The van der Waals surface area contributed by atoms with Gasteiger partial charge in [0.05, 0.1) is 16.5 Å². The first-order valence-corrected chi connectivity index (χ1v) is 4.87. The third-order valence-electron chi connectivity index (χ3n) is 2.71. The van der Waals surface area contributed by atoms with Gasteiger partial charge in [0, 0.05) is 12.8 Å². The molecule has 0 unspecified atom stereocenters. The number of hydrogen-bond donors (Lipinski definition) is 1. The van der Waals surface area contributed by atoms with E-state index in [1.54, 1.807) is 12.1 Å². The molecular weight excluding hydrogens is 214 g/mol. The van der Waals surface area contributed by atoms with E-state index in [1.807, 2.05) is 0 Å². The third kappa shape index (κ3) is 1.47. The Labute approximate surface area is 91.9 Å². The van der Waals surface area contributed by atoms with Gasteiger partial charge in [-0.1, -0.05) is 17.7 Å². The minimum absolute atomic E-state index is 0.0147. The summed E-state index contributed by atoms with van der Waals surface area (Å²) in [6, 6.07) is 6.78. The summed E-state index contributed by atoms with van der Waals surface area (Å²) in [4.78, 5) is 11.0. The van der Waals surface area contributed by atoms with Gasteiger partial charge in [-0.15, -0.1) is 0 Å². The monoisotopic (exact) mass is 221 g/mol. The van der Waals surface area contributed by atoms with Crippen LogP contribution in [0, 0.1) is 11.3 Å². The Morgan fingerprint density at radius 3 is 2.60 bits per heavy atom. The Hall–Kier alpha value is -1.53. The molecule has 1 aromatic carbocycles. The van der Waals surface area contributed by atoms with Crippen LogP contribution in [0.5, 0.6) is 5.75 Å². The third-order valence-corrected chi connectivity index (χ3v) is 3.01. The van der Waals surface area contributed by atoms with Gasteiger partial charge in [-0.3, -0.25) is 4.79 Å². The number of benzene rings is 1. The molecule has 2 rings (SSSR count). The summed E-state index contributed by atoms with van der Waals surface area (Å²) in [6.07, 6.45) is 0.481. The van der Waals surface area contributed by atoms with Crippen LogP contribution in [-0.2, 0) is 10.2 Å². The lowest BCUT2D eigenvalue weighted by atomic mass is 9.65. The van der Waals surface area contributed by atoms with Gasteiger partial charge >= 0.3 is 0 Å². The maximum Gasteiger partial charge on any atom is 0.136 e. The molecule has 0 spiro atoms. The molecular formula is C11H8ClNO2. The lowest BCUT2D eigenvalue weighted by Gasteiger charge is -2.34. The molecule has 0 heterocycles. The van der Waals surface area contributed by atoms with Crippen LogP contribution < -0.4 is 0 Å². The van der Waals surface area contributed by atoms with E-state index in [-0.39, 0.29) is 29.4 Å². The van der Waals surface area contributed by atoms with Crippen molar-refractivity contribution in [3.63, 3.8) is 0 Å². The number of Topliss-reactive ketones (excluding diaryl/α,β-unsaturated/α-hetero) is 1. The van der Waals surface area contributed by atoms with E-state index in [1.165, 1.54) is 6.07 Å². The lowest BCUT2D eigenvalue weighted by Crippen LogP contribution is -2.40. The van der Waals surface area contributed by atoms with Gasteiger partial charge in [-0.25, -0.2) is 0 Å². The van der Waals surface area contributed by atoms with Crippen LogP contribution in [0.4, 0.5) is 0 Å². The van der Waals surface area contributed by atoms with E-state index >= 15 is 0 Å². The minimum Gasteiger partial charge on any atom is -0.506 e. The number of phenolic OH excluding ortho intramolecular Hbond substituents is 1. The van der Waals surface area contributed by atoms with Crippen LogP contribution in [-0.4, -0.2) is 10.9 Å². The van der Waals surface area contributed by atoms with Gasteiger partial charge in [0.25, 0.3) is 0 Å². The number of hydrogen-bond acceptors (Lipinski definition) is 3. The lowest BCUT2D eigenvalue weighted by molar-refractivity contribution is -0.126. The number of phenols is 1. The maximum atomic E-state index is 11.0. The molecule has 1 aliphatic carbocycles. The summed E-state index contributed by atoms with van der Waals surface area (Å²) in [5, 5.41) is 18.5. The number of rotatable bonds is 1. The van der Waals surface area contributed by atoms with Crippen LogP contribution in [0.2, 0.25) is 5.02 Å². The fourth-order valence-electron chi connectivity index (χ4n) is 1.77. The summed E-state index contributed by atoms with van der Waals surface area (Å²) >= 11 is 5.75. The highest BCUT2D eigenvalue weighted by Crippen LogP contribution is 2.42. The van der Waals surface area contributed by atoms with E-state index in [2.05, 4.69) is 6.07 Å². The van der Waals surface area contributed by atoms with E-state index in [0.29, 0.717) is 5.56 Å². The molecule has 0 radical (unpaired) electrons. The Morgan fingerprint density at radius 1 is 1.47 bits per heavy atom. The van der Waals surface area contributed by atoms with Crippen LogP contribution in [0.25, 0.3) is 0 Å². The summed E-state index contributed by atoms with van der Waals surface area (Å²) < 4.78 is 0. The first kappa shape index (κ1) is 10.0. The predicted octanol–water partition coefficient (Wildman–Crippen LogP) is 2.17. The normalized spacial score (nSPS) is 18.0. The predicted molar refractivity (Wildman–Crippen MR) is 54.6 cm³/mol. The highest BCUT2D eigenvalue weighted by atomic mass is 35.5. The molecule has 0 atom stereocenters. The number of nitriles is 1. The smallest absolute Gasteiger partial charge is 0.136 e. The second-order valence-electron chi connectivity index (χ2n) is 3.75. The average Bonchev–Trinajstić information content (AvgIpc) is 2.17. The SMILES string of the molecule is N#CC1(c2ccc(O)c(Cl)c2)CC(=O)C1. The van der Waals surface area contributed by atoms with Crippen LogP contribution in [0.3, 0.4) is 0 Å². The van der Waals surface area contributed by atoms with E-state index in [9.17, 15) is 9.90 Å². The summed E-state index contributed by atoms with van der Waals surface area (Å²) in [5.41, 5.74) is -0.0265. The molecule has 4 heteroatoms. The van der Waals surface area contributed by atoms with Crippen molar-refractivity contribution in [2.75, 3.05) is 0 Å². The second kappa shape index (κ2) is 3.25. The first-order chi connectivity index (χ1) is 7.07. The molecule has 76 valence electrons. The molecule has 0 aromatic heterocycles. The Morgan fingerprint density at radius 2 is 2.13 bits per heavy atom. The van der Waals surface area contributed by atoms with Crippen molar-refractivity contribution in [3.8, 4) is 11.8 Å². The second-order valence-corrected chi connectivity index (χ2v) is 4.16. The molecule has 0 amide bonds. The maximum absolute atomic E-state index is 11.0. The summed E-state index contributed by atoms with van der Waals surface area (Å²) in [5.74, 6) is 0.0694. The molecule has 0 aliphatic heterocycles.